The number of likely N-dealkylation sites (tertiary alicyclic amines) is 1. The summed E-state index contributed by atoms with van der Waals surface area (Å²) in [5, 5.41) is 8.77. The van der Waals surface area contributed by atoms with Gasteiger partial charge in [-0.15, -0.1) is 0 Å². The molecular weight excluding hydrogens is 218 g/mol. The summed E-state index contributed by atoms with van der Waals surface area (Å²) >= 11 is 0. The molecule has 0 aromatic heterocycles. The second kappa shape index (κ2) is 6.36. The summed E-state index contributed by atoms with van der Waals surface area (Å²) in [5.41, 5.74) is 0. The normalized spacial score (nSPS) is 24.9. The van der Waals surface area contributed by atoms with E-state index in [2.05, 4.69) is 4.90 Å². The van der Waals surface area contributed by atoms with Gasteiger partial charge in [0.05, 0.1) is 0 Å². The van der Waals surface area contributed by atoms with Gasteiger partial charge in [0.15, 0.2) is 0 Å². The number of piperidine rings is 1. The number of nitrogens with zero attached hydrogens (tertiary/aromatic N) is 1. The number of hydrogen-bond donors (Lipinski definition) is 1. The number of rotatable bonds is 4. The second-order valence-electron chi connectivity index (χ2n) is 5.40. The molecule has 0 saturated carbocycles. The van der Waals surface area contributed by atoms with Crippen LogP contribution in [0, 0.1) is 11.8 Å². The van der Waals surface area contributed by atoms with Crippen molar-refractivity contribution in [3.63, 3.8) is 0 Å². The molecule has 2 aliphatic rings. The highest BCUT2D eigenvalue weighted by molar-refractivity contribution is 5.67. The van der Waals surface area contributed by atoms with Crippen LogP contribution in [0.4, 0.5) is 0 Å². The molecule has 2 saturated heterocycles. The minimum Gasteiger partial charge on any atom is -0.481 e. The molecule has 2 aliphatic heterocycles. The molecule has 0 bridgehead atoms. The summed E-state index contributed by atoms with van der Waals surface area (Å²) in [6, 6.07) is 0. The van der Waals surface area contributed by atoms with Gasteiger partial charge in [-0.25, -0.2) is 0 Å². The Labute approximate surface area is 103 Å². The van der Waals surface area contributed by atoms with E-state index in [1.165, 1.54) is 19.4 Å². The molecule has 4 heteroatoms. The van der Waals surface area contributed by atoms with Gasteiger partial charge in [-0.3, -0.25) is 4.79 Å². The van der Waals surface area contributed by atoms with Crippen LogP contribution in [0.2, 0.25) is 0 Å². The summed E-state index contributed by atoms with van der Waals surface area (Å²) in [4.78, 5) is 13.1. The van der Waals surface area contributed by atoms with E-state index in [9.17, 15) is 4.79 Å². The summed E-state index contributed by atoms with van der Waals surface area (Å²) < 4.78 is 5.37. The minimum absolute atomic E-state index is 0.352. The number of aliphatic carboxylic acids is 1. The SMILES string of the molecule is O=C(O)CC1CCN(CC2CCOCC2)CC1. The average Bonchev–Trinajstić information content (AvgIpc) is 2.32. The van der Waals surface area contributed by atoms with Gasteiger partial charge in [0, 0.05) is 26.2 Å². The van der Waals surface area contributed by atoms with Crippen molar-refractivity contribution in [1.82, 2.24) is 4.90 Å². The molecule has 0 radical (unpaired) electrons. The molecule has 0 unspecified atom stereocenters. The van der Waals surface area contributed by atoms with Gasteiger partial charge in [-0.1, -0.05) is 0 Å². The van der Waals surface area contributed by atoms with Crippen molar-refractivity contribution in [3.05, 3.63) is 0 Å². The van der Waals surface area contributed by atoms with Crippen molar-refractivity contribution in [2.75, 3.05) is 32.8 Å². The van der Waals surface area contributed by atoms with E-state index < -0.39 is 5.97 Å². The molecule has 0 aliphatic carbocycles. The van der Waals surface area contributed by atoms with Crippen molar-refractivity contribution in [1.29, 1.82) is 0 Å². The van der Waals surface area contributed by atoms with Crippen molar-refractivity contribution >= 4 is 5.97 Å². The Morgan fingerprint density at radius 3 is 2.35 bits per heavy atom. The lowest BCUT2D eigenvalue weighted by atomic mass is 9.92. The standard InChI is InChI=1S/C13H23NO3/c15-13(16)9-11-1-5-14(6-2-11)10-12-3-7-17-8-4-12/h11-12H,1-10H2,(H,15,16). The van der Waals surface area contributed by atoms with Crippen LogP contribution in [-0.4, -0.2) is 48.8 Å². The van der Waals surface area contributed by atoms with Crippen LogP contribution < -0.4 is 0 Å². The maximum Gasteiger partial charge on any atom is 0.303 e. The van der Waals surface area contributed by atoms with Crippen molar-refractivity contribution < 1.29 is 14.6 Å². The molecule has 0 amide bonds. The fraction of sp³-hybridized carbons (Fsp3) is 0.923. The molecule has 2 heterocycles. The van der Waals surface area contributed by atoms with Crippen LogP contribution in [0.15, 0.2) is 0 Å². The molecule has 17 heavy (non-hydrogen) atoms. The first kappa shape index (κ1) is 12.8. The van der Waals surface area contributed by atoms with Crippen LogP contribution in [0.5, 0.6) is 0 Å². The Morgan fingerprint density at radius 1 is 1.12 bits per heavy atom. The smallest absolute Gasteiger partial charge is 0.303 e. The van der Waals surface area contributed by atoms with Crippen molar-refractivity contribution in [2.45, 2.75) is 32.1 Å². The predicted octanol–water partition coefficient (Wildman–Crippen LogP) is 1.60. The highest BCUT2D eigenvalue weighted by Gasteiger charge is 2.23. The van der Waals surface area contributed by atoms with Gasteiger partial charge in [0.25, 0.3) is 0 Å². The van der Waals surface area contributed by atoms with E-state index in [0.717, 1.165) is 45.1 Å². The lowest BCUT2D eigenvalue weighted by molar-refractivity contribution is -0.138. The van der Waals surface area contributed by atoms with Crippen LogP contribution in [0.3, 0.4) is 0 Å². The summed E-state index contributed by atoms with van der Waals surface area (Å²) in [5.74, 6) is 0.547. The number of carbonyl (C=O) groups is 1. The molecule has 0 atom stereocenters. The van der Waals surface area contributed by atoms with Gasteiger partial charge >= 0.3 is 5.97 Å². The lowest BCUT2D eigenvalue weighted by Crippen LogP contribution is -2.38. The Morgan fingerprint density at radius 2 is 1.76 bits per heavy atom. The van der Waals surface area contributed by atoms with Gasteiger partial charge in [-0.05, 0) is 50.6 Å². The minimum atomic E-state index is -0.645. The lowest BCUT2D eigenvalue weighted by Gasteiger charge is -2.34. The fourth-order valence-electron chi connectivity index (χ4n) is 2.91. The van der Waals surface area contributed by atoms with E-state index in [1.807, 2.05) is 0 Å². The second-order valence-corrected chi connectivity index (χ2v) is 5.40. The molecule has 2 rings (SSSR count). The maximum atomic E-state index is 10.6. The molecule has 0 aromatic carbocycles. The van der Waals surface area contributed by atoms with Crippen LogP contribution in [-0.2, 0) is 9.53 Å². The first-order chi connectivity index (χ1) is 8.24. The number of carboxylic acids is 1. The third kappa shape index (κ3) is 4.28. The van der Waals surface area contributed by atoms with Gasteiger partial charge in [0.2, 0.25) is 0 Å². The molecule has 0 aromatic rings. The Bertz CT molecular complexity index is 243. The number of ether oxygens (including phenoxy) is 1. The quantitative estimate of drug-likeness (QED) is 0.812. The largest absolute Gasteiger partial charge is 0.481 e. The Balaban J connectivity index is 1.66. The maximum absolute atomic E-state index is 10.6. The van der Waals surface area contributed by atoms with Gasteiger partial charge < -0.3 is 14.7 Å². The topological polar surface area (TPSA) is 49.8 Å². The van der Waals surface area contributed by atoms with Gasteiger partial charge in [0.1, 0.15) is 0 Å². The number of carboxylic acid groups (broad SMARTS) is 1. The zero-order valence-corrected chi connectivity index (χ0v) is 10.4. The Kier molecular flexibility index (Phi) is 4.80. The van der Waals surface area contributed by atoms with E-state index in [4.69, 9.17) is 9.84 Å². The first-order valence-corrected chi connectivity index (χ1v) is 6.76. The van der Waals surface area contributed by atoms with E-state index in [-0.39, 0.29) is 0 Å². The van der Waals surface area contributed by atoms with Crippen LogP contribution in [0.25, 0.3) is 0 Å². The van der Waals surface area contributed by atoms with E-state index in [1.54, 1.807) is 0 Å². The third-order valence-electron chi connectivity index (χ3n) is 4.03. The summed E-state index contributed by atoms with van der Waals surface area (Å²) in [6.45, 7) is 5.17. The van der Waals surface area contributed by atoms with Crippen molar-refractivity contribution in [3.8, 4) is 0 Å². The molecule has 2 fully saturated rings. The zero-order chi connectivity index (χ0) is 12.1. The first-order valence-electron chi connectivity index (χ1n) is 6.76. The molecule has 0 spiro atoms. The number of hydrogen-bond acceptors (Lipinski definition) is 3. The zero-order valence-electron chi connectivity index (χ0n) is 10.4. The van der Waals surface area contributed by atoms with Gasteiger partial charge in [-0.2, -0.15) is 0 Å². The van der Waals surface area contributed by atoms with Crippen LogP contribution >= 0.6 is 0 Å². The summed E-state index contributed by atoms with van der Waals surface area (Å²) in [6.07, 6.45) is 4.83. The fourth-order valence-corrected chi connectivity index (χ4v) is 2.91. The highest BCUT2D eigenvalue weighted by atomic mass is 16.5. The molecule has 4 nitrogen and oxygen atoms in total. The monoisotopic (exact) mass is 241 g/mol. The molecular formula is C13H23NO3. The van der Waals surface area contributed by atoms with E-state index in [0.29, 0.717) is 12.3 Å². The van der Waals surface area contributed by atoms with Crippen molar-refractivity contribution in [2.24, 2.45) is 11.8 Å². The molecule has 1 N–H and O–H groups in total. The van der Waals surface area contributed by atoms with E-state index >= 15 is 0 Å². The van der Waals surface area contributed by atoms with Crippen LogP contribution in [0.1, 0.15) is 32.1 Å². The molecule has 98 valence electrons. The Hall–Kier alpha value is -0.610. The highest BCUT2D eigenvalue weighted by Crippen LogP contribution is 2.23. The average molecular weight is 241 g/mol. The predicted molar refractivity (Wildman–Crippen MR) is 65.0 cm³/mol. The third-order valence-corrected chi connectivity index (χ3v) is 4.03. The summed E-state index contributed by atoms with van der Waals surface area (Å²) in [7, 11) is 0.